The number of rotatable bonds is 8. The molecule has 0 saturated carbocycles. The zero-order valence-electron chi connectivity index (χ0n) is 18.3. The number of Topliss-reactive ketones (excluding diaryl/α,β-unsaturated/α-hetero) is 1. The average molecular weight is 444 g/mol. The molecule has 1 aliphatic rings. The lowest BCUT2D eigenvalue weighted by molar-refractivity contribution is -0.140. The molecule has 2 aromatic carbocycles. The van der Waals surface area contributed by atoms with Crippen LogP contribution in [0.4, 0.5) is 8.78 Å². The number of carbonyl (C=O) groups is 2. The highest BCUT2D eigenvalue weighted by Gasteiger charge is 2.47. The van der Waals surface area contributed by atoms with Gasteiger partial charge < -0.3 is 19.6 Å². The van der Waals surface area contributed by atoms with Crippen molar-refractivity contribution in [3.63, 3.8) is 0 Å². The summed E-state index contributed by atoms with van der Waals surface area (Å²) in [5.74, 6) is -3.58. The summed E-state index contributed by atoms with van der Waals surface area (Å²) < 4.78 is 33.9. The number of ether oxygens (including phenoxy) is 1. The number of benzene rings is 2. The van der Waals surface area contributed by atoms with E-state index in [0.29, 0.717) is 6.54 Å². The molecule has 2 aromatic rings. The average Bonchev–Trinajstić information content (AvgIpc) is 3.04. The summed E-state index contributed by atoms with van der Waals surface area (Å²) in [6.45, 7) is 6.05. The highest BCUT2D eigenvalue weighted by molar-refractivity contribution is 6.46. The number of carbonyl (C=O) groups excluding carboxylic acids is 2. The lowest BCUT2D eigenvalue weighted by Crippen LogP contribution is -2.38. The third-order valence-electron chi connectivity index (χ3n) is 5.71. The lowest BCUT2D eigenvalue weighted by atomic mass is 9.94. The van der Waals surface area contributed by atoms with Crippen LogP contribution in [0.5, 0.6) is 5.75 Å². The zero-order valence-corrected chi connectivity index (χ0v) is 18.3. The molecule has 1 amide bonds. The first-order valence-corrected chi connectivity index (χ1v) is 10.4. The SMILES string of the molecule is CCN(CC)CCN1C(=O)C(=O)/C(=C(/O)c2cc(F)ccc2OC)C1c1ccccc1F. The summed E-state index contributed by atoms with van der Waals surface area (Å²) in [4.78, 5) is 29.3. The molecule has 0 bridgehead atoms. The summed E-state index contributed by atoms with van der Waals surface area (Å²) in [7, 11) is 1.33. The number of amides is 1. The predicted octanol–water partition coefficient (Wildman–Crippen LogP) is 3.74. The van der Waals surface area contributed by atoms with Crippen LogP contribution in [0.3, 0.4) is 0 Å². The summed E-state index contributed by atoms with van der Waals surface area (Å²) in [6, 6.07) is 8.08. The molecule has 1 unspecified atom stereocenters. The van der Waals surface area contributed by atoms with Gasteiger partial charge in [-0.2, -0.15) is 0 Å². The van der Waals surface area contributed by atoms with Crippen LogP contribution in [-0.2, 0) is 9.59 Å². The first-order chi connectivity index (χ1) is 15.3. The summed E-state index contributed by atoms with van der Waals surface area (Å²) >= 11 is 0. The van der Waals surface area contributed by atoms with E-state index in [4.69, 9.17) is 4.74 Å². The van der Waals surface area contributed by atoms with Gasteiger partial charge in [0.05, 0.1) is 24.3 Å². The second kappa shape index (κ2) is 9.91. The molecule has 170 valence electrons. The second-order valence-corrected chi connectivity index (χ2v) is 7.39. The summed E-state index contributed by atoms with van der Waals surface area (Å²) in [5.41, 5.74) is -0.317. The van der Waals surface area contributed by atoms with Crippen molar-refractivity contribution in [2.45, 2.75) is 19.9 Å². The van der Waals surface area contributed by atoms with E-state index in [1.165, 1.54) is 36.3 Å². The number of hydrogen-bond acceptors (Lipinski definition) is 5. The Morgan fingerprint density at radius 1 is 1.12 bits per heavy atom. The Kier molecular flexibility index (Phi) is 7.25. The van der Waals surface area contributed by atoms with Crippen LogP contribution in [-0.4, -0.2) is 59.9 Å². The Labute approximate surface area is 185 Å². The van der Waals surface area contributed by atoms with E-state index < -0.39 is 35.1 Å². The highest BCUT2D eigenvalue weighted by Crippen LogP contribution is 2.41. The van der Waals surface area contributed by atoms with Crippen molar-refractivity contribution in [2.75, 3.05) is 33.3 Å². The molecule has 1 atom stereocenters. The minimum Gasteiger partial charge on any atom is -0.507 e. The maximum Gasteiger partial charge on any atom is 0.295 e. The molecular formula is C24H26F2N2O4. The van der Waals surface area contributed by atoms with Gasteiger partial charge in [-0.3, -0.25) is 9.59 Å². The van der Waals surface area contributed by atoms with Crippen molar-refractivity contribution in [3.8, 4) is 5.75 Å². The highest BCUT2D eigenvalue weighted by atomic mass is 19.1. The number of nitrogens with zero attached hydrogens (tertiary/aromatic N) is 2. The monoisotopic (exact) mass is 444 g/mol. The Morgan fingerprint density at radius 2 is 1.81 bits per heavy atom. The van der Waals surface area contributed by atoms with Crippen LogP contribution in [0.1, 0.15) is 31.0 Å². The molecule has 0 aromatic heterocycles. The molecule has 1 fully saturated rings. The van der Waals surface area contributed by atoms with Gasteiger partial charge in [-0.05, 0) is 37.4 Å². The van der Waals surface area contributed by atoms with Crippen molar-refractivity contribution >= 4 is 17.4 Å². The van der Waals surface area contributed by atoms with E-state index in [9.17, 15) is 23.5 Å². The van der Waals surface area contributed by atoms with Gasteiger partial charge in [0.15, 0.2) is 0 Å². The van der Waals surface area contributed by atoms with Crippen LogP contribution >= 0.6 is 0 Å². The standard InChI is InChI=1S/C24H26F2N2O4/c1-4-27(5-2)12-13-28-21(16-8-6-7-9-18(16)26)20(23(30)24(28)31)22(29)17-14-15(25)10-11-19(17)32-3/h6-11,14,21,29H,4-5,12-13H2,1-3H3/b22-20+. The molecular weight excluding hydrogens is 418 g/mol. The second-order valence-electron chi connectivity index (χ2n) is 7.39. The minimum atomic E-state index is -1.15. The van der Waals surface area contributed by atoms with E-state index in [-0.39, 0.29) is 29.0 Å². The van der Waals surface area contributed by atoms with E-state index in [1.807, 2.05) is 13.8 Å². The van der Waals surface area contributed by atoms with Gasteiger partial charge in [-0.1, -0.05) is 32.0 Å². The Balaban J connectivity index is 2.18. The van der Waals surface area contributed by atoms with Crippen molar-refractivity contribution < 1.29 is 28.2 Å². The normalized spacial score (nSPS) is 17.9. The number of ketones is 1. The third-order valence-corrected chi connectivity index (χ3v) is 5.71. The quantitative estimate of drug-likeness (QED) is 0.382. The largest absolute Gasteiger partial charge is 0.507 e. The molecule has 0 spiro atoms. The van der Waals surface area contributed by atoms with Gasteiger partial charge in [0.2, 0.25) is 0 Å². The van der Waals surface area contributed by atoms with Gasteiger partial charge in [-0.25, -0.2) is 8.78 Å². The van der Waals surface area contributed by atoms with Crippen LogP contribution in [0.2, 0.25) is 0 Å². The molecule has 1 heterocycles. The number of aliphatic hydroxyl groups excluding tert-OH is 1. The fourth-order valence-corrected chi connectivity index (χ4v) is 3.93. The minimum absolute atomic E-state index is 0.0724. The number of methoxy groups -OCH3 is 1. The Bertz CT molecular complexity index is 1050. The van der Waals surface area contributed by atoms with Gasteiger partial charge in [0, 0.05) is 18.7 Å². The van der Waals surface area contributed by atoms with Crippen molar-refractivity contribution in [3.05, 3.63) is 70.8 Å². The van der Waals surface area contributed by atoms with E-state index >= 15 is 0 Å². The fourth-order valence-electron chi connectivity index (χ4n) is 3.93. The molecule has 0 aliphatic carbocycles. The molecule has 32 heavy (non-hydrogen) atoms. The topological polar surface area (TPSA) is 70.1 Å². The Morgan fingerprint density at radius 3 is 2.44 bits per heavy atom. The molecule has 1 aliphatic heterocycles. The molecule has 3 rings (SSSR count). The van der Waals surface area contributed by atoms with Gasteiger partial charge in [-0.15, -0.1) is 0 Å². The first kappa shape index (κ1) is 23.4. The summed E-state index contributed by atoms with van der Waals surface area (Å²) in [6.07, 6.45) is 0. The van der Waals surface area contributed by atoms with Gasteiger partial charge in [0.25, 0.3) is 11.7 Å². The Hall–Kier alpha value is -3.26. The third kappa shape index (κ3) is 4.36. The number of halogens is 2. The molecule has 8 heteroatoms. The number of likely N-dealkylation sites (N-methyl/N-ethyl adjacent to an activating group) is 1. The van der Waals surface area contributed by atoms with Gasteiger partial charge >= 0.3 is 0 Å². The molecule has 6 nitrogen and oxygen atoms in total. The fraction of sp³-hybridized carbons (Fsp3) is 0.333. The maximum absolute atomic E-state index is 14.8. The smallest absolute Gasteiger partial charge is 0.295 e. The first-order valence-electron chi connectivity index (χ1n) is 10.4. The van der Waals surface area contributed by atoms with Crippen LogP contribution < -0.4 is 4.74 Å². The van der Waals surface area contributed by atoms with E-state index in [0.717, 1.165) is 25.2 Å². The van der Waals surface area contributed by atoms with Crippen molar-refractivity contribution in [1.29, 1.82) is 0 Å². The number of likely N-dealkylation sites (tertiary alicyclic amines) is 1. The van der Waals surface area contributed by atoms with Crippen molar-refractivity contribution in [2.24, 2.45) is 0 Å². The number of hydrogen-bond donors (Lipinski definition) is 1. The van der Waals surface area contributed by atoms with E-state index in [1.54, 1.807) is 6.07 Å². The summed E-state index contributed by atoms with van der Waals surface area (Å²) in [5, 5.41) is 11.1. The molecule has 1 saturated heterocycles. The van der Waals surface area contributed by atoms with E-state index in [2.05, 4.69) is 4.90 Å². The van der Waals surface area contributed by atoms with Gasteiger partial charge in [0.1, 0.15) is 23.1 Å². The van der Waals surface area contributed by atoms with Crippen molar-refractivity contribution in [1.82, 2.24) is 9.80 Å². The lowest BCUT2D eigenvalue weighted by Gasteiger charge is -2.28. The van der Waals surface area contributed by atoms with Crippen LogP contribution in [0, 0.1) is 11.6 Å². The maximum atomic E-state index is 14.8. The molecule has 1 N–H and O–H groups in total. The predicted molar refractivity (Wildman–Crippen MR) is 116 cm³/mol. The molecule has 0 radical (unpaired) electrons. The zero-order chi connectivity index (χ0) is 23.4. The van der Waals surface area contributed by atoms with Crippen LogP contribution in [0.15, 0.2) is 48.0 Å². The van der Waals surface area contributed by atoms with Crippen LogP contribution in [0.25, 0.3) is 5.76 Å². The number of aliphatic hydroxyl groups is 1.